The molecule has 1 spiro atoms. The summed E-state index contributed by atoms with van der Waals surface area (Å²) in [6.45, 7) is 6.60. The number of hydrogen-bond donors (Lipinski definition) is 1. The van der Waals surface area contributed by atoms with E-state index in [9.17, 15) is 0 Å². The molecule has 4 fully saturated rings. The van der Waals surface area contributed by atoms with E-state index >= 15 is 0 Å². The van der Waals surface area contributed by atoms with Crippen LogP contribution in [0.4, 0.5) is 0 Å². The smallest absolute Gasteiger partial charge is 0.0309 e. The van der Waals surface area contributed by atoms with E-state index in [0.717, 1.165) is 12.1 Å². The highest BCUT2D eigenvalue weighted by molar-refractivity contribution is 5.00. The number of hydrogen-bond acceptors (Lipinski definition) is 3. The van der Waals surface area contributed by atoms with Crippen LogP contribution in [0.2, 0.25) is 0 Å². The van der Waals surface area contributed by atoms with E-state index in [1.807, 2.05) is 0 Å². The topological polar surface area (TPSA) is 18.5 Å². The average Bonchev–Trinajstić information content (AvgIpc) is 2.95. The van der Waals surface area contributed by atoms with Crippen LogP contribution >= 0.6 is 0 Å². The Balaban J connectivity index is 1.40. The second kappa shape index (κ2) is 5.58. The molecule has 0 radical (unpaired) electrons. The zero-order chi connectivity index (χ0) is 13.4. The van der Waals surface area contributed by atoms with Gasteiger partial charge in [0.2, 0.25) is 0 Å². The van der Waals surface area contributed by atoms with Gasteiger partial charge in [-0.2, -0.15) is 0 Å². The van der Waals surface area contributed by atoms with Crippen molar-refractivity contribution in [2.24, 2.45) is 0 Å². The number of rotatable bonds is 1. The Hall–Kier alpha value is -0.120. The highest BCUT2D eigenvalue weighted by Crippen LogP contribution is 2.34. The molecule has 4 rings (SSSR count). The van der Waals surface area contributed by atoms with E-state index in [1.165, 1.54) is 90.5 Å². The molecule has 4 aliphatic rings. The van der Waals surface area contributed by atoms with E-state index in [2.05, 4.69) is 15.1 Å². The fraction of sp³-hybridized carbons (Fsp3) is 1.00. The summed E-state index contributed by atoms with van der Waals surface area (Å²) in [4.78, 5) is 5.63. The first kappa shape index (κ1) is 13.5. The lowest BCUT2D eigenvalue weighted by molar-refractivity contribution is 0.0298. The Labute approximate surface area is 124 Å². The molecule has 2 unspecified atom stereocenters. The summed E-state index contributed by atoms with van der Waals surface area (Å²) in [5.74, 6) is 0. The third-order valence-corrected chi connectivity index (χ3v) is 6.52. The quantitative estimate of drug-likeness (QED) is 0.793. The Morgan fingerprint density at radius 3 is 2.55 bits per heavy atom. The molecule has 0 aromatic carbocycles. The highest BCUT2D eigenvalue weighted by Gasteiger charge is 2.40. The molecule has 3 heterocycles. The summed E-state index contributed by atoms with van der Waals surface area (Å²) in [5, 5.41) is 3.90. The van der Waals surface area contributed by atoms with Crippen molar-refractivity contribution >= 4 is 0 Å². The number of nitrogens with one attached hydrogen (secondary N) is 1. The number of fused-ring (bicyclic) bond motifs is 1. The lowest BCUT2D eigenvalue weighted by Gasteiger charge is -2.50. The summed E-state index contributed by atoms with van der Waals surface area (Å²) in [6, 6.07) is 1.81. The van der Waals surface area contributed by atoms with Gasteiger partial charge in [0.15, 0.2) is 0 Å². The lowest BCUT2D eigenvalue weighted by Crippen LogP contribution is -2.64. The van der Waals surface area contributed by atoms with Gasteiger partial charge in [-0.15, -0.1) is 0 Å². The average molecular weight is 277 g/mol. The molecule has 0 bridgehead atoms. The zero-order valence-electron chi connectivity index (χ0n) is 12.9. The van der Waals surface area contributed by atoms with Gasteiger partial charge in [0, 0.05) is 37.3 Å². The summed E-state index contributed by atoms with van der Waals surface area (Å²) < 4.78 is 0. The molecular formula is C17H31N3. The van der Waals surface area contributed by atoms with Gasteiger partial charge in [0.25, 0.3) is 0 Å². The second-order valence-corrected chi connectivity index (χ2v) is 7.75. The predicted molar refractivity (Wildman–Crippen MR) is 83.0 cm³/mol. The molecule has 0 amide bonds. The van der Waals surface area contributed by atoms with Crippen LogP contribution in [-0.4, -0.2) is 60.1 Å². The maximum atomic E-state index is 3.90. The van der Waals surface area contributed by atoms with Crippen molar-refractivity contribution < 1.29 is 0 Å². The van der Waals surface area contributed by atoms with Gasteiger partial charge in [-0.3, -0.25) is 4.90 Å². The van der Waals surface area contributed by atoms with Gasteiger partial charge in [0.1, 0.15) is 0 Å². The van der Waals surface area contributed by atoms with Gasteiger partial charge >= 0.3 is 0 Å². The molecule has 2 atom stereocenters. The van der Waals surface area contributed by atoms with Crippen molar-refractivity contribution in [2.45, 2.75) is 75.4 Å². The van der Waals surface area contributed by atoms with Crippen molar-refractivity contribution in [1.82, 2.24) is 15.1 Å². The van der Waals surface area contributed by atoms with Gasteiger partial charge in [-0.25, -0.2) is 0 Å². The minimum absolute atomic E-state index is 0.489. The Morgan fingerprint density at radius 1 is 0.800 bits per heavy atom. The van der Waals surface area contributed by atoms with E-state index < -0.39 is 0 Å². The standard InChI is InChI=1S/C17H31N3/c1-2-7-17(8-3-1)14-20(12-9-18-17)16-6-11-19-10-4-5-15(19)13-16/h15-16,18H,1-14H2. The van der Waals surface area contributed by atoms with E-state index in [-0.39, 0.29) is 0 Å². The molecule has 3 saturated heterocycles. The summed E-state index contributed by atoms with van der Waals surface area (Å²) >= 11 is 0. The molecule has 20 heavy (non-hydrogen) atoms. The van der Waals surface area contributed by atoms with Crippen molar-refractivity contribution in [2.75, 3.05) is 32.7 Å². The fourth-order valence-electron chi connectivity index (χ4n) is 5.40. The van der Waals surface area contributed by atoms with Crippen LogP contribution in [0.5, 0.6) is 0 Å². The second-order valence-electron chi connectivity index (χ2n) is 7.75. The van der Waals surface area contributed by atoms with Gasteiger partial charge in [0.05, 0.1) is 0 Å². The monoisotopic (exact) mass is 277 g/mol. The van der Waals surface area contributed by atoms with Crippen molar-refractivity contribution in [3.63, 3.8) is 0 Å². The molecule has 0 aromatic rings. The third kappa shape index (κ3) is 2.53. The van der Waals surface area contributed by atoms with Gasteiger partial charge < -0.3 is 10.2 Å². The molecule has 1 aliphatic carbocycles. The normalized spacial score (nSPS) is 39.0. The SMILES string of the molecule is C1CCC2(CC1)CN(C1CCN3CCCC3C1)CCN2. The van der Waals surface area contributed by atoms with Crippen LogP contribution in [0.1, 0.15) is 57.8 Å². The van der Waals surface area contributed by atoms with Crippen LogP contribution in [0.25, 0.3) is 0 Å². The van der Waals surface area contributed by atoms with Crippen LogP contribution in [0, 0.1) is 0 Å². The van der Waals surface area contributed by atoms with Crippen LogP contribution < -0.4 is 5.32 Å². The van der Waals surface area contributed by atoms with Crippen LogP contribution in [-0.2, 0) is 0 Å². The Kier molecular flexibility index (Phi) is 3.78. The van der Waals surface area contributed by atoms with Gasteiger partial charge in [-0.05, 0) is 51.6 Å². The van der Waals surface area contributed by atoms with Gasteiger partial charge in [-0.1, -0.05) is 19.3 Å². The summed E-state index contributed by atoms with van der Waals surface area (Å²) in [7, 11) is 0. The van der Waals surface area contributed by atoms with E-state index in [0.29, 0.717) is 5.54 Å². The Morgan fingerprint density at radius 2 is 1.65 bits per heavy atom. The first-order valence-electron chi connectivity index (χ1n) is 9.08. The maximum Gasteiger partial charge on any atom is 0.0309 e. The van der Waals surface area contributed by atoms with Crippen molar-refractivity contribution in [1.29, 1.82) is 0 Å². The lowest BCUT2D eigenvalue weighted by atomic mass is 9.79. The molecule has 0 aromatic heterocycles. The van der Waals surface area contributed by atoms with Crippen LogP contribution in [0.15, 0.2) is 0 Å². The third-order valence-electron chi connectivity index (χ3n) is 6.52. The predicted octanol–water partition coefficient (Wildman–Crippen LogP) is 2.22. The fourth-order valence-corrected chi connectivity index (χ4v) is 5.40. The minimum Gasteiger partial charge on any atom is -0.309 e. The van der Waals surface area contributed by atoms with Crippen molar-refractivity contribution in [3.8, 4) is 0 Å². The molecule has 3 heteroatoms. The maximum absolute atomic E-state index is 3.90. The number of piperazine rings is 1. The molecule has 1 saturated carbocycles. The summed E-state index contributed by atoms with van der Waals surface area (Å²) in [5.41, 5.74) is 0.489. The molecule has 1 N–H and O–H groups in total. The number of piperidine rings is 1. The molecule has 3 aliphatic heterocycles. The first-order valence-corrected chi connectivity index (χ1v) is 9.08. The molecule has 114 valence electrons. The number of nitrogens with zero attached hydrogens (tertiary/aromatic N) is 2. The molecular weight excluding hydrogens is 246 g/mol. The largest absolute Gasteiger partial charge is 0.309 e. The van der Waals surface area contributed by atoms with Crippen molar-refractivity contribution in [3.05, 3.63) is 0 Å². The highest BCUT2D eigenvalue weighted by atomic mass is 15.3. The summed E-state index contributed by atoms with van der Waals surface area (Å²) in [6.07, 6.45) is 13.0. The minimum atomic E-state index is 0.489. The van der Waals surface area contributed by atoms with E-state index in [4.69, 9.17) is 0 Å². The van der Waals surface area contributed by atoms with Crippen LogP contribution in [0.3, 0.4) is 0 Å². The zero-order valence-corrected chi connectivity index (χ0v) is 12.9. The molecule has 3 nitrogen and oxygen atoms in total. The first-order chi connectivity index (χ1) is 9.85. The Bertz CT molecular complexity index is 332. The van der Waals surface area contributed by atoms with E-state index in [1.54, 1.807) is 0 Å².